The molecule has 4 rings (SSSR count). The molecule has 3 aromatic rings. The zero-order valence-electron chi connectivity index (χ0n) is 16.9. The molecule has 156 valence electrons. The van der Waals surface area contributed by atoms with E-state index in [1.807, 2.05) is 66.3 Å². The van der Waals surface area contributed by atoms with Crippen LogP contribution in [0.25, 0.3) is 0 Å². The second kappa shape index (κ2) is 8.77. The largest absolute Gasteiger partial charge is 0.496 e. The molecule has 0 bridgehead atoms. The molecule has 2 atom stereocenters. The van der Waals surface area contributed by atoms with E-state index in [-0.39, 0.29) is 12.1 Å². The SMILES string of the molecule is COc1ccccc1[C@@H](NC(=O)NC[C@@H]1COc2ccccc2O1)c1nccn1C. The molecule has 2 N–H and O–H groups in total. The minimum atomic E-state index is -0.481. The van der Waals surface area contributed by atoms with Gasteiger partial charge in [0.1, 0.15) is 24.2 Å². The number of methoxy groups -OCH3 is 1. The topological polar surface area (TPSA) is 86.6 Å². The highest BCUT2D eigenvalue weighted by Crippen LogP contribution is 2.31. The third-order valence-corrected chi connectivity index (χ3v) is 4.90. The highest BCUT2D eigenvalue weighted by atomic mass is 16.6. The van der Waals surface area contributed by atoms with E-state index in [4.69, 9.17) is 14.2 Å². The lowest BCUT2D eigenvalue weighted by molar-refractivity contribution is 0.0917. The highest BCUT2D eigenvalue weighted by Gasteiger charge is 2.25. The quantitative estimate of drug-likeness (QED) is 0.655. The number of hydrogen-bond donors (Lipinski definition) is 2. The lowest BCUT2D eigenvalue weighted by Crippen LogP contribution is -2.45. The van der Waals surface area contributed by atoms with E-state index >= 15 is 0 Å². The summed E-state index contributed by atoms with van der Waals surface area (Å²) in [5, 5.41) is 5.87. The summed E-state index contributed by atoms with van der Waals surface area (Å²) in [4.78, 5) is 17.1. The van der Waals surface area contributed by atoms with E-state index in [9.17, 15) is 4.79 Å². The number of amides is 2. The van der Waals surface area contributed by atoms with Gasteiger partial charge in [0.15, 0.2) is 17.6 Å². The summed E-state index contributed by atoms with van der Waals surface area (Å²) in [6.07, 6.45) is 3.26. The number of hydrogen-bond acceptors (Lipinski definition) is 5. The Morgan fingerprint density at radius 2 is 2.00 bits per heavy atom. The van der Waals surface area contributed by atoms with Crippen molar-refractivity contribution in [1.29, 1.82) is 0 Å². The molecule has 1 aromatic heterocycles. The van der Waals surface area contributed by atoms with Crippen molar-refractivity contribution in [2.45, 2.75) is 12.1 Å². The number of aromatic nitrogens is 2. The van der Waals surface area contributed by atoms with Gasteiger partial charge in [-0.05, 0) is 18.2 Å². The summed E-state index contributed by atoms with van der Waals surface area (Å²) in [5.41, 5.74) is 0.815. The van der Waals surface area contributed by atoms with Crippen LogP contribution in [0.5, 0.6) is 17.2 Å². The Hall–Kier alpha value is -3.68. The van der Waals surface area contributed by atoms with E-state index in [0.29, 0.717) is 36.2 Å². The van der Waals surface area contributed by atoms with Crippen molar-refractivity contribution < 1.29 is 19.0 Å². The molecule has 0 unspecified atom stereocenters. The van der Waals surface area contributed by atoms with Crippen LogP contribution in [0.2, 0.25) is 0 Å². The molecule has 1 aliphatic heterocycles. The van der Waals surface area contributed by atoms with Crippen LogP contribution < -0.4 is 24.8 Å². The number of carbonyl (C=O) groups is 1. The third-order valence-electron chi connectivity index (χ3n) is 4.90. The zero-order chi connectivity index (χ0) is 20.9. The first-order chi connectivity index (χ1) is 14.7. The third kappa shape index (κ3) is 4.17. The molecular weight excluding hydrogens is 384 g/mol. The lowest BCUT2D eigenvalue weighted by Gasteiger charge is -2.27. The summed E-state index contributed by atoms with van der Waals surface area (Å²) in [6.45, 7) is 0.673. The Kier molecular flexibility index (Phi) is 5.74. The molecule has 1 aliphatic rings. The Balaban J connectivity index is 1.44. The van der Waals surface area contributed by atoms with Crippen molar-refractivity contribution in [2.24, 2.45) is 7.05 Å². The van der Waals surface area contributed by atoms with Crippen molar-refractivity contribution in [3.63, 3.8) is 0 Å². The molecule has 8 nitrogen and oxygen atoms in total. The number of nitrogens with one attached hydrogen (secondary N) is 2. The molecule has 0 saturated heterocycles. The average Bonchev–Trinajstić information content (AvgIpc) is 3.21. The molecule has 30 heavy (non-hydrogen) atoms. The molecule has 0 saturated carbocycles. The molecule has 0 fully saturated rings. The number of rotatable bonds is 6. The van der Waals surface area contributed by atoms with Crippen molar-refractivity contribution in [3.8, 4) is 17.2 Å². The maximum atomic E-state index is 12.7. The van der Waals surface area contributed by atoms with Crippen LogP contribution in [-0.2, 0) is 7.05 Å². The van der Waals surface area contributed by atoms with Gasteiger partial charge in [0, 0.05) is 25.0 Å². The molecule has 0 radical (unpaired) electrons. The monoisotopic (exact) mass is 408 g/mol. The number of nitrogens with zero attached hydrogens (tertiary/aromatic N) is 2. The van der Waals surface area contributed by atoms with Gasteiger partial charge in [-0.1, -0.05) is 30.3 Å². The molecule has 8 heteroatoms. The predicted octanol–water partition coefficient (Wildman–Crippen LogP) is 2.66. The minimum Gasteiger partial charge on any atom is -0.496 e. The first-order valence-electron chi connectivity index (χ1n) is 9.68. The zero-order valence-corrected chi connectivity index (χ0v) is 16.9. The van der Waals surface area contributed by atoms with Gasteiger partial charge in [-0.25, -0.2) is 9.78 Å². The van der Waals surface area contributed by atoms with Crippen molar-refractivity contribution in [2.75, 3.05) is 20.3 Å². The number of urea groups is 1. The Bertz CT molecular complexity index is 1020. The first-order valence-corrected chi connectivity index (χ1v) is 9.68. The Morgan fingerprint density at radius 1 is 1.23 bits per heavy atom. The number of carbonyl (C=O) groups excluding carboxylic acids is 1. The normalized spacial score (nSPS) is 15.9. The smallest absolute Gasteiger partial charge is 0.315 e. The van der Waals surface area contributed by atoms with Gasteiger partial charge >= 0.3 is 6.03 Å². The molecule has 2 amide bonds. The summed E-state index contributed by atoms with van der Waals surface area (Å²) < 4.78 is 18.9. The van der Waals surface area contributed by atoms with Crippen LogP contribution in [0.4, 0.5) is 4.79 Å². The van der Waals surface area contributed by atoms with Gasteiger partial charge < -0.3 is 29.4 Å². The lowest BCUT2D eigenvalue weighted by atomic mass is 10.0. The van der Waals surface area contributed by atoms with Gasteiger partial charge in [0.05, 0.1) is 13.7 Å². The Morgan fingerprint density at radius 3 is 2.77 bits per heavy atom. The fourth-order valence-corrected chi connectivity index (χ4v) is 3.39. The van der Waals surface area contributed by atoms with Gasteiger partial charge in [-0.3, -0.25) is 0 Å². The van der Waals surface area contributed by atoms with E-state index in [1.165, 1.54) is 0 Å². The first kappa shape index (κ1) is 19.6. The predicted molar refractivity (Wildman–Crippen MR) is 111 cm³/mol. The molecule has 0 spiro atoms. The number of benzene rings is 2. The molecule has 0 aliphatic carbocycles. The van der Waals surface area contributed by atoms with Crippen LogP contribution >= 0.6 is 0 Å². The molecule has 2 heterocycles. The maximum absolute atomic E-state index is 12.7. The van der Waals surface area contributed by atoms with Crippen molar-refractivity contribution in [3.05, 3.63) is 72.3 Å². The Labute approximate surface area is 174 Å². The second-order valence-electron chi connectivity index (χ2n) is 6.92. The fraction of sp³-hybridized carbons (Fsp3) is 0.273. The summed E-state index contributed by atoms with van der Waals surface area (Å²) in [5.74, 6) is 2.76. The van der Waals surface area contributed by atoms with Crippen molar-refractivity contribution in [1.82, 2.24) is 20.2 Å². The van der Waals surface area contributed by atoms with Crippen LogP contribution in [0.1, 0.15) is 17.4 Å². The number of imidazole rings is 1. The summed E-state index contributed by atoms with van der Waals surface area (Å²) >= 11 is 0. The molecule has 2 aromatic carbocycles. The highest BCUT2D eigenvalue weighted by molar-refractivity contribution is 5.75. The van der Waals surface area contributed by atoms with E-state index in [0.717, 1.165) is 5.56 Å². The van der Waals surface area contributed by atoms with E-state index in [2.05, 4.69) is 15.6 Å². The fourth-order valence-electron chi connectivity index (χ4n) is 3.39. The number of fused-ring (bicyclic) bond motifs is 1. The van der Waals surface area contributed by atoms with Crippen LogP contribution in [0.3, 0.4) is 0 Å². The van der Waals surface area contributed by atoms with Crippen LogP contribution in [0.15, 0.2) is 60.9 Å². The van der Waals surface area contributed by atoms with Gasteiger partial charge in [-0.15, -0.1) is 0 Å². The number of ether oxygens (including phenoxy) is 3. The second-order valence-corrected chi connectivity index (χ2v) is 6.92. The van der Waals surface area contributed by atoms with Gasteiger partial charge in [0.25, 0.3) is 0 Å². The van der Waals surface area contributed by atoms with E-state index < -0.39 is 6.04 Å². The van der Waals surface area contributed by atoms with Crippen molar-refractivity contribution >= 4 is 6.03 Å². The van der Waals surface area contributed by atoms with Gasteiger partial charge in [-0.2, -0.15) is 0 Å². The van der Waals surface area contributed by atoms with Crippen LogP contribution in [-0.4, -0.2) is 41.9 Å². The minimum absolute atomic E-state index is 0.275. The summed E-state index contributed by atoms with van der Waals surface area (Å²) in [7, 11) is 3.49. The standard InChI is InChI=1S/C22H24N4O4/c1-26-12-11-23-21(26)20(16-7-3-4-8-17(16)28-2)25-22(27)24-13-15-14-29-18-9-5-6-10-19(18)30-15/h3-12,15,20H,13-14H2,1-2H3,(H2,24,25,27)/t15-,20-/m1/s1. The van der Waals surface area contributed by atoms with Gasteiger partial charge in [0.2, 0.25) is 0 Å². The number of para-hydroxylation sites is 3. The maximum Gasteiger partial charge on any atom is 0.315 e. The summed E-state index contributed by atoms with van der Waals surface area (Å²) in [6, 6.07) is 14.2. The van der Waals surface area contributed by atoms with E-state index in [1.54, 1.807) is 13.3 Å². The average molecular weight is 408 g/mol. The number of aryl methyl sites for hydroxylation is 1. The van der Waals surface area contributed by atoms with Crippen LogP contribution in [0, 0.1) is 0 Å². The molecular formula is C22H24N4O4.